The van der Waals surface area contributed by atoms with E-state index in [-0.39, 0.29) is 23.9 Å². The molecule has 2 aromatic rings. The SMILES string of the molecule is CC(=O)N1c2ccc(-c3ccc(CN4CCCCC4)cc3)cc2[C@H](NC(=O)OCC(C)C)C[C@@H]1C. The van der Waals surface area contributed by atoms with E-state index in [0.717, 1.165) is 28.9 Å². The molecule has 4 rings (SSSR count). The molecule has 2 aliphatic heterocycles. The smallest absolute Gasteiger partial charge is 0.407 e. The van der Waals surface area contributed by atoms with Crippen LogP contribution < -0.4 is 10.2 Å². The lowest BCUT2D eigenvalue weighted by molar-refractivity contribution is -0.117. The number of hydrogen-bond acceptors (Lipinski definition) is 4. The fraction of sp³-hybridized carbons (Fsp3) is 0.517. The van der Waals surface area contributed by atoms with Crippen LogP contribution in [0.15, 0.2) is 42.5 Å². The van der Waals surface area contributed by atoms with Crippen molar-refractivity contribution >= 4 is 17.7 Å². The second-order valence-corrected chi connectivity index (χ2v) is 10.5. The van der Waals surface area contributed by atoms with Gasteiger partial charge in [-0.15, -0.1) is 0 Å². The number of hydrogen-bond donors (Lipinski definition) is 1. The summed E-state index contributed by atoms with van der Waals surface area (Å²) in [6.07, 6.45) is 4.17. The van der Waals surface area contributed by atoms with Gasteiger partial charge in [0.15, 0.2) is 0 Å². The molecule has 6 heteroatoms. The van der Waals surface area contributed by atoms with E-state index in [2.05, 4.69) is 46.6 Å². The van der Waals surface area contributed by atoms with Crippen LogP contribution in [0.5, 0.6) is 0 Å². The highest BCUT2D eigenvalue weighted by atomic mass is 16.5. The second kappa shape index (κ2) is 11.3. The molecule has 0 spiro atoms. The zero-order valence-corrected chi connectivity index (χ0v) is 21.5. The molecule has 35 heavy (non-hydrogen) atoms. The molecule has 2 heterocycles. The highest BCUT2D eigenvalue weighted by Gasteiger charge is 2.33. The van der Waals surface area contributed by atoms with Crippen LogP contribution in [0.2, 0.25) is 0 Å². The van der Waals surface area contributed by atoms with Gasteiger partial charge in [0.05, 0.1) is 12.6 Å². The Morgan fingerprint density at radius 3 is 2.37 bits per heavy atom. The first-order valence-corrected chi connectivity index (χ1v) is 13.0. The molecular formula is C29H39N3O3. The molecule has 188 valence electrons. The van der Waals surface area contributed by atoms with Crippen LogP contribution in [0, 0.1) is 5.92 Å². The highest BCUT2D eigenvalue weighted by molar-refractivity contribution is 5.94. The number of fused-ring (bicyclic) bond motifs is 1. The monoisotopic (exact) mass is 477 g/mol. The summed E-state index contributed by atoms with van der Waals surface area (Å²) >= 11 is 0. The number of ether oxygens (including phenoxy) is 1. The fourth-order valence-corrected chi connectivity index (χ4v) is 5.26. The number of alkyl carbamates (subject to hydrolysis) is 1. The van der Waals surface area contributed by atoms with Crippen molar-refractivity contribution in [3.63, 3.8) is 0 Å². The van der Waals surface area contributed by atoms with Crippen LogP contribution in [0.4, 0.5) is 10.5 Å². The van der Waals surface area contributed by atoms with Crippen LogP contribution in [-0.2, 0) is 16.1 Å². The van der Waals surface area contributed by atoms with Crippen molar-refractivity contribution in [2.75, 3.05) is 24.6 Å². The first kappa shape index (κ1) is 25.2. The van der Waals surface area contributed by atoms with Crippen molar-refractivity contribution in [3.8, 4) is 11.1 Å². The number of nitrogens with zero attached hydrogens (tertiary/aromatic N) is 2. The van der Waals surface area contributed by atoms with Gasteiger partial charge in [0.25, 0.3) is 0 Å². The molecule has 0 unspecified atom stereocenters. The standard InChI is InChI=1S/C29H39N3O3/c1-20(2)19-35-29(34)30-27-16-21(3)32(22(4)33)28-13-12-25(17-26(27)28)24-10-8-23(9-11-24)18-31-14-6-5-7-15-31/h8-13,17,20-21,27H,5-7,14-16,18-19H2,1-4H3,(H,30,34)/t21-,27+/m0/s1. The topological polar surface area (TPSA) is 61.9 Å². The van der Waals surface area contributed by atoms with Gasteiger partial charge in [-0.3, -0.25) is 9.69 Å². The number of amides is 2. The summed E-state index contributed by atoms with van der Waals surface area (Å²) in [5, 5.41) is 3.05. The van der Waals surface area contributed by atoms with Gasteiger partial charge in [-0.05, 0) is 79.6 Å². The summed E-state index contributed by atoms with van der Waals surface area (Å²) in [5.74, 6) is 0.283. The maximum absolute atomic E-state index is 12.5. The van der Waals surface area contributed by atoms with Gasteiger partial charge < -0.3 is 15.0 Å². The van der Waals surface area contributed by atoms with Gasteiger partial charge in [-0.1, -0.05) is 50.6 Å². The number of rotatable bonds is 6. The Balaban J connectivity index is 1.57. The zero-order chi connectivity index (χ0) is 24.9. The van der Waals surface area contributed by atoms with Crippen molar-refractivity contribution in [2.45, 2.75) is 72.0 Å². The number of piperidine rings is 1. The predicted octanol–water partition coefficient (Wildman–Crippen LogP) is 5.91. The summed E-state index contributed by atoms with van der Waals surface area (Å²) in [6, 6.07) is 14.7. The van der Waals surface area contributed by atoms with Crippen LogP contribution in [0.3, 0.4) is 0 Å². The Kier molecular flexibility index (Phi) is 8.11. The number of carbonyl (C=O) groups excluding carboxylic acids is 2. The minimum atomic E-state index is -0.411. The van der Waals surface area contributed by atoms with Crippen molar-refractivity contribution in [3.05, 3.63) is 53.6 Å². The summed E-state index contributed by atoms with van der Waals surface area (Å²) in [7, 11) is 0. The average molecular weight is 478 g/mol. The van der Waals surface area contributed by atoms with E-state index in [0.29, 0.717) is 13.0 Å². The third-order valence-electron chi connectivity index (χ3n) is 7.00. The van der Waals surface area contributed by atoms with Gasteiger partial charge in [0, 0.05) is 25.2 Å². The average Bonchev–Trinajstić information content (AvgIpc) is 2.83. The van der Waals surface area contributed by atoms with Gasteiger partial charge in [0.2, 0.25) is 5.91 Å². The van der Waals surface area contributed by atoms with Crippen LogP contribution in [0.1, 0.15) is 70.5 Å². The molecule has 1 fully saturated rings. The Labute approximate surface area is 209 Å². The summed E-state index contributed by atoms with van der Waals surface area (Å²) in [6.45, 7) is 11.4. The van der Waals surface area contributed by atoms with E-state index in [1.165, 1.54) is 37.9 Å². The molecule has 0 radical (unpaired) electrons. The van der Waals surface area contributed by atoms with Crippen LogP contribution in [0.25, 0.3) is 11.1 Å². The minimum absolute atomic E-state index is 0.00870. The fourth-order valence-electron chi connectivity index (χ4n) is 5.26. The van der Waals surface area contributed by atoms with Crippen molar-refractivity contribution < 1.29 is 14.3 Å². The van der Waals surface area contributed by atoms with Crippen molar-refractivity contribution in [1.29, 1.82) is 0 Å². The second-order valence-electron chi connectivity index (χ2n) is 10.5. The first-order chi connectivity index (χ1) is 16.8. The molecule has 2 aliphatic rings. The summed E-state index contributed by atoms with van der Waals surface area (Å²) < 4.78 is 5.39. The van der Waals surface area contributed by atoms with E-state index in [1.807, 2.05) is 31.7 Å². The number of likely N-dealkylation sites (tertiary alicyclic amines) is 1. The third-order valence-corrected chi connectivity index (χ3v) is 7.00. The normalized spacial score (nSPS) is 20.4. The lowest BCUT2D eigenvalue weighted by Crippen LogP contribution is -2.45. The Morgan fingerprint density at radius 1 is 1.03 bits per heavy atom. The van der Waals surface area contributed by atoms with E-state index in [9.17, 15) is 9.59 Å². The molecule has 2 atom stereocenters. The van der Waals surface area contributed by atoms with Gasteiger partial charge in [-0.25, -0.2) is 4.79 Å². The Morgan fingerprint density at radius 2 is 1.71 bits per heavy atom. The zero-order valence-electron chi connectivity index (χ0n) is 21.5. The summed E-state index contributed by atoms with van der Waals surface area (Å²) in [5.41, 5.74) is 5.35. The lowest BCUT2D eigenvalue weighted by Gasteiger charge is -2.39. The predicted molar refractivity (Wildman–Crippen MR) is 140 cm³/mol. The number of nitrogens with one attached hydrogen (secondary N) is 1. The first-order valence-electron chi connectivity index (χ1n) is 13.0. The van der Waals surface area contributed by atoms with E-state index in [1.54, 1.807) is 6.92 Å². The molecule has 0 aliphatic carbocycles. The molecule has 2 aromatic carbocycles. The lowest BCUT2D eigenvalue weighted by atomic mass is 9.89. The van der Waals surface area contributed by atoms with E-state index in [4.69, 9.17) is 4.74 Å². The van der Waals surface area contributed by atoms with Crippen molar-refractivity contribution in [1.82, 2.24) is 10.2 Å². The Hall–Kier alpha value is -2.86. The molecule has 0 saturated carbocycles. The number of anilines is 1. The van der Waals surface area contributed by atoms with E-state index >= 15 is 0 Å². The summed E-state index contributed by atoms with van der Waals surface area (Å²) in [4.78, 5) is 29.3. The molecule has 1 N–H and O–H groups in total. The minimum Gasteiger partial charge on any atom is -0.449 e. The van der Waals surface area contributed by atoms with Gasteiger partial charge >= 0.3 is 6.09 Å². The van der Waals surface area contributed by atoms with Gasteiger partial charge in [0.1, 0.15) is 0 Å². The number of carbonyl (C=O) groups is 2. The number of benzene rings is 2. The largest absolute Gasteiger partial charge is 0.449 e. The maximum Gasteiger partial charge on any atom is 0.407 e. The Bertz CT molecular complexity index is 1030. The molecule has 6 nitrogen and oxygen atoms in total. The molecule has 0 bridgehead atoms. The third kappa shape index (κ3) is 6.23. The molecule has 0 aromatic heterocycles. The van der Waals surface area contributed by atoms with Crippen molar-refractivity contribution in [2.24, 2.45) is 5.92 Å². The highest BCUT2D eigenvalue weighted by Crippen LogP contribution is 2.39. The molecule has 1 saturated heterocycles. The molecular weight excluding hydrogens is 438 g/mol. The maximum atomic E-state index is 12.5. The molecule has 2 amide bonds. The van der Waals surface area contributed by atoms with Crippen LogP contribution >= 0.6 is 0 Å². The van der Waals surface area contributed by atoms with Gasteiger partial charge in [-0.2, -0.15) is 0 Å². The van der Waals surface area contributed by atoms with E-state index < -0.39 is 6.09 Å². The quantitative estimate of drug-likeness (QED) is 0.562. The van der Waals surface area contributed by atoms with Crippen LogP contribution in [-0.4, -0.2) is 42.6 Å².